The molecule has 1 aromatic carbocycles. The van der Waals surface area contributed by atoms with Crippen LogP contribution in [0.25, 0.3) is 0 Å². The van der Waals surface area contributed by atoms with E-state index in [1.54, 1.807) is 43.3 Å². The third kappa shape index (κ3) is 5.24. The topological polar surface area (TPSA) is 109 Å². The number of hydrogen-bond donors (Lipinski definition) is 2. The van der Waals surface area contributed by atoms with E-state index < -0.39 is 10.0 Å². The lowest BCUT2D eigenvalue weighted by Crippen LogP contribution is -2.42. The molecule has 2 heterocycles. The standard InChI is InChI=1S/C20H25N3O5S/c1-2-29(26,27)23-11-9-15(10-12-23)19(24)22-18-8-4-3-7-17(18)20(25)21-14-16-6-5-13-28-16/h3-8,13,15H,2,9-12,14H2,1H3,(H,21,25)(H,22,24). The smallest absolute Gasteiger partial charge is 0.253 e. The van der Waals surface area contributed by atoms with Crippen LogP contribution in [-0.2, 0) is 21.4 Å². The zero-order chi connectivity index (χ0) is 20.9. The van der Waals surface area contributed by atoms with E-state index in [1.165, 1.54) is 10.6 Å². The monoisotopic (exact) mass is 419 g/mol. The molecule has 2 N–H and O–H groups in total. The summed E-state index contributed by atoms with van der Waals surface area (Å²) in [6.07, 6.45) is 2.45. The number of anilines is 1. The fourth-order valence-corrected chi connectivity index (χ4v) is 4.41. The average Bonchev–Trinajstić information content (AvgIpc) is 3.26. The lowest BCUT2D eigenvalue weighted by atomic mass is 9.97. The van der Waals surface area contributed by atoms with Crippen molar-refractivity contribution in [2.75, 3.05) is 24.2 Å². The van der Waals surface area contributed by atoms with Gasteiger partial charge in [0, 0.05) is 19.0 Å². The number of amides is 2. The van der Waals surface area contributed by atoms with Gasteiger partial charge in [-0.3, -0.25) is 9.59 Å². The summed E-state index contributed by atoms with van der Waals surface area (Å²) < 4.78 is 30.6. The minimum absolute atomic E-state index is 0.0599. The number of carbonyl (C=O) groups is 2. The van der Waals surface area contributed by atoms with Crippen LogP contribution in [0.4, 0.5) is 5.69 Å². The second-order valence-corrected chi connectivity index (χ2v) is 9.13. The highest BCUT2D eigenvalue weighted by molar-refractivity contribution is 7.89. The van der Waals surface area contributed by atoms with Gasteiger partial charge in [-0.05, 0) is 44.0 Å². The Morgan fingerprint density at radius 3 is 2.52 bits per heavy atom. The first kappa shape index (κ1) is 21.1. The normalized spacial score (nSPS) is 15.8. The lowest BCUT2D eigenvalue weighted by molar-refractivity contribution is -0.120. The van der Waals surface area contributed by atoms with E-state index in [-0.39, 0.29) is 30.0 Å². The average molecular weight is 420 g/mol. The zero-order valence-corrected chi connectivity index (χ0v) is 17.1. The molecule has 29 heavy (non-hydrogen) atoms. The van der Waals surface area contributed by atoms with E-state index in [1.807, 2.05) is 0 Å². The van der Waals surface area contributed by atoms with Crippen molar-refractivity contribution in [3.05, 3.63) is 54.0 Å². The summed E-state index contributed by atoms with van der Waals surface area (Å²) in [6, 6.07) is 10.3. The van der Waals surface area contributed by atoms with E-state index in [0.717, 1.165) is 0 Å². The maximum Gasteiger partial charge on any atom is 0.253 e. The summed E-state index contributed by atoms with van der Waals surface area (Å²) in [5.74, 6) is -0.123. The first-order valence-corrected chi connectivity index (χ1v) is 11.2. The van der Waals surface area contributed by atoms with Crippen molar-refractivity contribution in [3.8, 4) is 0 Å². The predicted molar refractivity (Wildman–Crippen MR) is 109 cm³/mol. The molecule has 156 valence electrons. The molecule has 0 bridgehead atoms. The van der Waals surface area contributed by atoms with Gasteiger partial charge in [0.05, 0.1) is 29.8 Å². The summed E-state index contributed by atoms with van der Waals surface area (Å²) >= 11 is 0. The van der Waals surface area contributed by atoms with Crippen LogP contribution in [0.2, 0.25) is 0 Å². The predicted octanol–water partition coefficient (Wildman–Crippen LogP) is 2.21. The summed E-state index contributed by atoms with van der Waals surface area (Å²) in [7, 11) is -3.23. The molecule has 2 amide bonds. The van der Waals surface area contributed by atoms with Gasteiger partial charge in [-0.15, -0.1) is 0 Å². The highest BCUT2D eigenvalue weighted by atomic mass is 32.2. The number of nitrogens with one attached hydrogen (secondary N) is 2. The number of hydrogen-bond acceptors (Lipinski definition) is 5. The molecule has 0 radical (unpaired) electrons. The molecule has 0 aliphatic carbocycles. The van der Waals surface area contributed by atoms with Gasteiger partial charge in [0.2, 0.25) is 15.9 Å². The second kappa shape index (κ2) is 9.23. The summed E-state index contributed by atoms with van der Waals surface area (Å²) in [5, 5.41) is 5.60. The molecule has 8 nitrogen and oxygen atoms in total. The number of para-hydroxylation sites is 1. The molecule has 0 saturated carbocycles. The molecule has 3 rings (SSSR count). The molecule has 9 heteroatoms. The van der Waals surface area contributed by atoms with Crippen LogP contribution in [0.1, 0.15) is 35.9 Å². The SMILES string of the molecule is CCS(=O)(=O)N1CCC(C(=O)Nc2ccccc2C(=O)NCc2ccco2)CC1. The van der Waals surface area contributed by atoms with Crippen molar-refractivity contribution in [1.82, 2.24) is 9.62 Å². The van der Waals surface area contributed by atoms with Gasteiger partial charge in [-0.2, -0.15) is 0 Å². The van der Waals surface area contributed by atoms with Crippen LogP contribution in [0.15, 0.2) is 47.1 Å². The van der Waals surface area contributed by atoms with Gasteiger partial charge < -0.3 is 15.1 Å². The Labute approximate surface area is 170 Å². The number of furan rings is 1. The Morgan fingerprint density at radius 1 is 1.14 bits per heavy atom. The van der Waals surface area contributed by atoms with Gasteiger partial charge in [-0.1, -0.05) is 12.1 Å². The number of piperidine rings is 1. The fraction of sp³-hybridized carbons (Fsp3) is 0.400. The fourth-order valence-electron chi connectivity index (χ4n) is 3.28. The number of rotatable bonds is 7. The third-order valence-electron chi connectivity index (χ3n) is 5.02. The molecule has 0 spiro atoms. The molecule has 0 atom stereocenters. The maximum absolute atomic E-state index is 12.7. The van der Waals surface area contributed by atoms with Crippen molar-refractivity contribution in [1.29, 1.82) is 0 Å². The van der Waals surface area contributed by atoms with Gasteiger partial charge in [0.25, 0.3) is 5.91 Å². The van der Waals surface area contributed by atoms with Crippen molar-refractivity contribution in [3.63, 3.8) is 0 Å². The lowest BCUT2D eigenvalue weighted by Gasteiger charge is -2.30. The van der Waals surface area contributed by atoms with Crippen molar-refractivity contribution < 1.29 is 22.4 Å². The molecule has 1 fully saturated rings. The third-order valence-corrected chi connectivity index (χ3v) is 6.90. The van der Waals surface area contributed by atoms with E-state index in [9.17, 15) is 18.0 Å². The minimum atomic E-state index is -3.23. The maximum atomic E-state index is 12.7. The Morgan fingerprint density at radius 2 is 1.86 bits per heavy atom. The first-order valence-electron chi connectivity index (χ1n) is 9.59. The largest absolute Gasteiger partial charge is 0.467 e. The Kier molecular flexibility index (Phi) is 6.71. The molecule has 2 aromatic rings. The Hall–Kier alpha value is -2.65. The highest BCUT2D eigenvalue weighted by Crippen LogP contribution is 2.23. The van der Waals surface area contributed by atoms with E-state index in [0.29, 0.717) is 42.9 Å². The molecule has 1 aliphatic rings. The highest BCUT2D eigenvalue weighted by Gasteiger charge is 2.30. The number of nitrogens with zero attached hydrogens (tertiary/aromatic N) is 1. The molecule has 1 aliphatic heterocycles. The molecule has 1 aromatic heterocycles. The van der Waals surface area contributed by atoms with Crippen LogP contribution >= 0.6 is 0 Å². The zero-order valence-electron chi connectivity index (χ0n) is 16.3. The second-order valence-electron chi connectivity index (χ2n) is 6.87. The van der Waals surface area contributed by atoms with Crippen LogP contribution < -0.4 is 10.6 Å². The van der Waals surface area contributed by atoms with Gasteiger partial charge >= 0.3 is 0 Å². The quantitative estimate of drug-likeness (QED) is 0.715. The van der Waals surface area contributed by atoms with E-state index in [4.69, 9.17) is 4.42 Å². The van der Waals surface area contributed by atoms with Gasteiger partial charge in [-0.25, -0.2) is 12.7 Å². The van der Waals surface area contributed by atoms with Crippen LogP contribution in [0.5, 0.6) is 0 Å². The molecular formula is C20H25N3O5S. The Balaban J connectivity index is 1.60. The first-order chi connectivity index (χ1) is 13.9. The minimum Gasteiger partial charge on any atom is -0.467 e. The number of carbonyl (C=O) groups excluding carboxylic acids is 2. The van der Waals surface area contributed by atoms with Crippen molar-refractivity contribution >= 4 is 27.5 Å². The number of benzene rings is 1. The van der Waals surface area contributed by atoms with Crippen molar-refractivity contribution in [2.45, 2.75) is 26.3 Å². The van der Waals surface area contributed by atoms with Crippen LogP contribution in [-0.4, -0.2) is 43.4 Å². The summed E-state index contributed by atoms with van der Waals surface area (Å²) in [4.78, 5) is 25.2. The summed E-state index contributed by atoms with van der Waals surface area (Å²) in [5.41, 5.74) is 0.788. The molecule has 1 saturated heterocycles. The molecule has 0 unspecified atom stereocenters. The summed E-state index contributed by atoms with van der Waals surface area (Å²) in [6.45, 7) is 2.53. The van der Waals surface area contributed by atoms with E-state index in [2.05, 4.69) is 10.6 Å². The number of sulfonamides is 1. The van der Waals surface area contributed by atoms with Crippen LogP contribution in [0.3, 0.4) is 0 Å². The molecular weight excluding hydrogens is 394 g/mol. The van der Waals surface area contributed by atoms with Crippen LogP contribution in [0, 0.1) is 5.92 Å². The Bertz CT molecular complexity index is 948. The van der Waals surface area contributed by atoms with E-state index >= 15 is 0 Å². The van der Waals surface area contributed by atoms with Gasteiger partial charge in [0.1, 0.15) is 5.76 Å². The van der Waals surface area contributed by atoms with Crippen molar-refractivity contribution in [2.24, 2.45) is 5.92 Å². The van der Waals surface area contributed by atoms with Gasteiger partial charge in [0.15, 0.2) is 0 Å².